The number of hydrogen-bond donors (Lipinski definition) is 1. The molecular formula is C15H24N4O. The topological polar surface area (TPSA) is 58.1 Å². The highest BCUT2D eigenvalue weighted by molar-refractivity contribution is 5.92. The summed E-state index contributed by atoms with van der Waals surface area (Å²) >= 11 is 0. The highest BCUT2D eigenvalue weighted by Gasteiger charge is 2.17. The van der Waals surface area contributed by atoms with Crippen molar-refractivity contribution in [3.63, 3.8) is 0 Å². The molecule has 0 atom stereocenters. The first kappa shape index (κ1) is 14.8. The van der Waals surface area contributed by atoms with E-state index in [-0.39, 0.29) is 5.91 Å². The number of carbonyl (C=O) groups excluding carboxylic acids is 1. The summed E-state index contributed by atoms with van der Waals surface area (Å²) in [5.74, 6) is 2.02. The molecule has 0 saturated carbocycles. The molecule has 1 aromatic heterocycles. The van der Waals surface area contributed by atoms with E-state index in [9.17, 15) is 4.79 Å². The van der Waals surface area contributed by atoms with Crippen LogP contribution in [-0.4, -0.2) is 35.5 Å². The van der Waals surface area contributed by atoms with Crippen LogP contribution in [0.15, 0.2) is 6.07 Å². The molecule has 1 aliphatic rings. The van der Waals surface area contributed by atoms with Crippen molar-refractivity contribution in [2.45, 2.75) is 40.0 Å². The zero-order chi connectivity index (χ0) is 14.5. The second-order valence-electron chi connectivity index (χ2n) is 5.79. The van der Waals surface area contributed by atoms with Gasteiger partial charge in [-0.25, -0.2) is 9.97 Å². The first-order chi connectivity index (χ1) is 9.56. The fraction of sp³-hybridized carbons (Fsp3) is 0.667. The van der Waals surface area contributed by atoms with Gasteiger partial charge in [-0.2, -0.15) is 0 Å². The van der Waals surface area contributed by atoms with Gasteiger partial charge in [0.1, 0.15) is 17.3 Å². The van der Waals surface area contributed by atoms with Crippen molar-refractivity contribution in [1.82, 2.24) is 15.3 Å². The van der Waals surface area contributed by atoms with Gasteiger partial charge in [0, 0.05) is 25.7 Å². The Balaban J connectivity index is 2.05. The maximum atomic E-state index is 12.1. The first-order valence-corrected chi connectivity index (χ1v) is 7.45. The summed E-state index contributed by atoms with van der Waals surface area (Å²) < 4.78 is 0. The highest BCUT2D eigenvalue weighted by Crippen LogP contribution is 2.18. The molecule has 5 heteroatoms. The summed E-state index contributed by atoms with van der Waals surface area (Å²) in [6.45, 7) is 8.86. The minimum atomic E-state index is -0.100. The van der Waals surface area contributed by atoms with E-state index >= 15 is 0 Å². The molecule has 1 aliphatic heterocycles. The highest BCUT2D eigenvalue weighted by atomic mass is 16.1. The van der Waals surface area contributed by atoms with Crippen LogP contribution in [0, 0.1) is 12.8 Å². The van der Waals surface area contributed by atoms with Crippen molar-refractivity contribution >= 4 is 11.7 Å². The number of nitrogens with one attached hydrogen (secondary N) is 1. The maximum Gasteiger partial charge on any atom is 0.270 e. The number of aromatic nitrogens is 2. The Bertz CT molecular complexity index is 467. The number of aryl methyl sites for hydroxylation is 1. The van der Waals surface area contributed by atoms with Crippen molar-refractivity contribution in [3.05, 3.63) is 17.6 Å². The number of hydrogen-bond acceptors (Lipinski definition) is 4. The van der Waals surface area contributed by atoms with Crippen LogP contribution in [-0.2, 0) is 0 Å². The Kier molecular flexibility index (Phi) is 4.93. The molecule has 0 aliphatic carbocycles. The lowest BCUT2D eigenvalue weighted by Crippen LogP contribution is -2.27. The molecule has 20 heavy (non-hydrogen) atoms. The molecule has 110 valence electrons. The SMILES string of the molecule is Cc1nc(C(=O)NCCC(C)C)cc(N2CCCC2)n1. The second-order valence-corrected chi connectivity index (χ2v) is 5.79. The number of amides is 1. The molecule has 1 fully saturated rings. The molecule has 2 rings (SSSR count). The fourth-order valence-corrected chi connectivity index (χ4v) is 2.34. The molecular weight excluding hydrogens is 252 g/mol. The second kappa shape index (κ2) is 6.68. The zero-order valence-electron chi connectivity index (χ0n) is 12.6. The lowest BCUT2D eigenvalue weighted by molar-refractivity contribution is 0.0946. The predicted molar refractivity (Wildman–Crippen MR) is 80.0 cm³/mol. The van der Waals surface area contributed by atoms with Gasteiger partial charge in [0.2, 0.25) is 0 Å². The number of rotatable bonds is 5. The lowest BCUT2D eigenvalue weighted by Gasteiger charge is -2.17. The van der Waals surface area contributed by atoms with Crippen LogP contribution in [0.4, 0.5) is 5.82 Å². The molecule has 0 unspecified atom stereocenters. The van der Waals surface area contributed by atoms with Crippen molar-refractivity contribution in [2.75, 3.05) is 24.5 Å². The summed E-state index contributed by atoms with van der Waals surface area (Å²) in [5, 5.41) is 2.93. The molecule has 0 spiro atoms. The summed E-state index contributed by atoms with van der Waals surface area (Å²) in [6.07, 6.45) is 3.37. The third kappa shape index (κ3) is 3.92. The summed E-state index contributed by atoms with van der Waals surface area (Å²) in [4.78, 5) is 23.0. The van der Waals surface area contributed by atoms with Crippen molar-refractivity contribution < 1.29 is 4.79 Å². The van der Waals surface area contributed by atoms with E-state index in [0.717, 1.165) is 25.3 Å². The van der Waals surface area contributed by atoms with Crippen LogP contribution in [0.25, 0.3) is 0 Å². The Hall–Kier alpha value is -1.65. The summed E-state index contributed by atoms with van der Waals surface area (Å²) in [6, 6.07) is 1.81. The Morgan fingerprint density at radius 1 is 1.35 bits per heavy atom. The minimum Gasteiger partial charge on any atom is -0.356 e. The molecule has 1 amide bonds. The average Bonchev–Trinajstić information content (AvgIpc) is 2.91. The normalized spacial score (nSPS) is 14.9. The van der Waals surface area contributed by atoms with E-state index in [1.807, 2.05) is 13.0 Å². The van der Waals surface area contributed by atoms with Crippen LogP contribution >= 0.6 is 0 Å². The standard InChI is InChI=1S/C15H24N4O/c1-11(2)6-7-16-15(20)13-10-14(18-12(3)17-13)19-8-4-5-9-19/h10-11H,4-9H2,1-3H3,(H,16,20). The third-order valence-corrected chi connectivity index (χ3v) is 3.49. The van der Waals surface area contributed by atoms with Gasteiger partial charge in [-0.1, -0.05) is 13.8 Å². The Morgan fingerprint density at radius 3 is 2.70 bits per heavy atom. The van der Waals surface area contributed by atoms with Crippen LogP contribution in [0.1, 0.15) is 49.4 Å². The maximum absolute atomic E-state index is 12.1. The van der Waals surface area contributed by atoms with Gasteiger partial charge in [0.05, 0.1) is 0 Å². The number of anilines is 1. The van der Waals surface area contributed by atoms with Crippen molar-refractivity contribution in [2.24, 2.45) is 5.92 Å². The molecule has 1 N–H and O–H groups in total. The van der Waals surface area contributed by atoms with Crippen LogP contribution in [0.5, 0.6) is 0 Å². The van der Waals surface area contributed by atoms with Gasteiger partial charge in [-0.3, -0.25) is 4.79 Å². The minimum absolute atomic E-state index is 0.100. The van der Waals surface area contributed by atoms with E-state index in [2.05, 4.69) is 34.0 Å². The third-order valence-electron chi connectivity index (χ3n) is 3.49. The van der Waals surface area contributed by atoms with E-state index in [1.165, 1.54) is 12.8 Å². The Labute approximate surface area is 120 Å². The summed E-state index contributed by atoms with van der Waals surface area (Å²) in [7, 11) is 0. The quantitative estimate of drug-likeness (QED) is 0.895. The van der Waals surface area contributed by atoms with Crippen LogP contribution in [0.2, 0.25) is 0 Å². The molecule has 5 nitrogen and oxygen atoms in total. The lowest BCUT2D eigenvalue weighted by atomic mass is 10.1. The van der Waals surface area contributed by atoms with Gasteiger partial charge in [-0.15, -0.1) is 0 Å². The monoisotopic (exact) mass is 276 g/mol. The van der Waals surface area contributed by atoms with E-state index in [0.29, 0.717) is 24.0 Å². The fourth-order valence-electron chi connectivity index (χ4n) is 2.34. The van der Waals surface area contributed by atoms with Crippen molar-refractivity contribution in [3.8, 4) is 0 Å². The van der Waals surface area contributed by atoms with Gasteiger partial charge >= 0.3 is 0 Å². The van der Waals surface area contributed by atoms with Crippen LogP contribution < -0.4 is 10.2 Å². The van der Waals surface area contributed by atoms with Crippen molar-refractivity contribution in [1.29, 1.82) is 0 Å². The van der Waals surface area contributed by atoms with Gasteiger partial charge in [0.15, 0.2) is 0 Å². The van der Waals surface area contributed by atoms with Crippen LogP contribution in [0.3, 0.4) is 0 Å². The van der Waals surface area contributed by atoms with Gasteiger partial charge in [0.25, 0.3) is 5.91 Å². The van der Waals surface area contributed by atoms with E-state index in [1.54, 1.807) is 0 Å². The largest absolute Gasteiger partial charge is 0.356 e. The van der Waals surface area contributed by atoms with E-state index < -0.39 is 0 Å². The van der Waals surface area contributed by atoms with E-state index in [4.69, 9.17) is 0 Å². The molecule has 2 heterocycles. The first-order valence-electron chi connectivity index (χ1n) is 7.45. The average molecular weight is 276 g/mol. The molecule has 0 bridgehead atoms. The Morgan fingerprint density at radius 2 is 2.05 bits per heavy atom. The smallest absolute Gasteiger partial charge is 0.270 e. The molecule has 0 radical (unpaired) electrons. The summed E-state index contributed by atoms with van der Waals surface area (Å²) in [5.41, 5.74) is 0.475. The number of nitrogens with zero attached hydrogens (tertiary/aromatic N) is 3. The zero-order valence-corrected chi connectivity index (χ0v) is 12.6. The van der Waals surface area contributed by atoms with Gasteiger partial charge in [-0.05, 0) is 32.1 Å². The molecule has 1 aromatic rings. The number of carbonyl (C=O) groups is 1. The van der Waals surface area contributed by atoms with Gasteiger partial charge < -0.3 is 10.2 Å². The predicted octanol–water partition coefficient (Wildman–Crippen LogP) is 2.16. The molecule has 1 saturated heterocycles. The molecule has 0 aromatic carbocycles.